The standard InChI is InChI=1S/C12H15N3O/c1-9-5-3-4-6-11(9)10(2)15-8-13-14-12(15)7-16/h3-6,8,10,16H,7H2,1-2H3. The van der Waals surface area contributed by atoms with Crippen LogP contribution in [0.15, 0.2) is 30.6 Å². The van der Waals surface area contributed by atoms with Crippen LogP contribution in [-0.4, -0.2) is 19.9 Å². The molecule has 0 aliphatic carbocycles. The second-order valence-corrected chi connectivity index (χ2v) is 3.85. The molecule has 4 nitrogen and oxygen atoms in total. The molecule has 4 heteroatoms. The van der Waals surface area contributed by atoms with E-state index < -0.39 is 0 Å². The molecule has 0 spiro atoms. The number of rotatable bonds is 3. The molecule has 1 unspecified atom stereocenters. The second kappa shape index (κ2) is 4.45. The molecule has 1 aromatic heterocycles. The zero-order chi connectivity index (χ0) is 11.5. The van der Waals surface area contributed by atoms with Crippen LogP contribution < -0.4 is 0 Å². The predicted molar refractivity (Wildman–Crippen MR) is 60.9 cm³/mol. The second-order valence-electron chi connectivity index (χ2n) is 3.85. The van der Waals surface area contributed by atoms with Gasteiger partial charge in [-0.3, -0.25) is 0 Å². The number of hydrogen-bond donors (Lipinski definition) is 1. The molecule has 1 aromatic carbocycles. The Balaban J connectivity index is 2.39. The highest BCUT2D eigenvalue weighted by Crippen LogP contribution is 2.21. The summed E-state index contributed by atoms with van der Waals surface area (Å²) in [7, 11) is 0. The molecule has 0 radical (unpaired) electrons. The van der Waals surface area contributed by atoms with E-state index in [9.17, 15) is 0 Å². The van der Waals surface area contributed by atoms with E-state index in [0.29, 0.717) is 5.82 Å². The van der Waals surface area contributed by atoms with Gasteiger partial charge in [0, 0.05) is 0 Å². The molecule has 1 heterocycles. The van der Waals surface area contributed by atoms with Crippen LogP contribution in [0.5, 0.6) is 0 Å². The predicted octanol–water partition coefficient (Wildman–Crippen LogP) is 1.69. The van der Waals surface area contributed by atoms with E-state index in [4.69, 9.17) is 5.11 Å². The topological polar surface area (TPSA) is 50.9 Å². The molecule has 0 amide bonds. The van der Waals surface area contributed by atoms with Crippen molar-refractivity contribution >= 4 is 0 Å². The first-order valence-corrected chi connectivity index (χ1v) is 5.28. The van der Waals surface area contributed by atoms with Crippen LogP contribution in [0, 0.1) is 6.92 Å². The van der Waals surface area contributed by atoms with Crippen molar-refractivity contribution in [3.63, 3.8) is 0 Å². The summed E-state index contributed by atoms with van der Waals surface area (Å²) in [6, 6.07) is 8.33. The van der Waals surface area contributed by atoms with Gasteiger partial charge in [-0.2, -0.15) is 0 Å². The molecule has 16 heavy (non-hydrogen) atoms. The summed E-state index contributed by atoms with van der Waals surface area (Å²) in [5.74, 6) is 0.593. The van der Waals surface area contributed by atoms with Crippen LogP contribution in [-0.2, 0) is 6.61 Å². The monoisotopic (exact) mass is 217 g/mol. The fraction of sp³-hybridized carbons (Fsp3) is 0.333. The maximum absolute atomic E-state index is 9.15. The van der Waals surface area contributed by atoms with Crippen LogP contribution in [0.1, 0.15) is 29.9 Å². The van der Waals surface area contributed by atoms with E-state index in [2.05, 4.69) is 36.2 Å². The minimum atomic E-state index is -0.0871. The molecular formula is C12H15N3O. The number of aryl methyl sites for hydroxylation is 1. The largest absolute Gasteiger partial charge is 0.388 e. The Bertz CT molecular complexity index is 479. The minimum Gasteiger partial charge on any atom is -0.388 e. The van der Waals surface area contributed by atoms with Gasteiger partial charge in [0.15, 0.2) is 5.82 Å². The lowest BCUT2D eigenvalue weighted by Crippen LogP contribution is -2.11. The van der Waals surface area contributed by atoms with Crippen molar-refractivity contribution in [2.75, 3.05) is 0 Å². The smallest absolute Gasteiger partial charge is 0.159 e. The molecule has 2 aromatic rings. The highest BCUT2D eigenvalue weighted by Gasteiger charge is 2.13. The van der Waals surface area contributed by atoms with Gasteiger partial charge in [0.2, 0.25) is 0 Å². The highest BCUT2D eigenvalue weighted by molar-refractivity contribution is 5.29. The molecule has 2 rings (SSSR count). The first-order valence-electron chi connectivity index (χ1n) is 5.28. The maximum atomic E-state index is 9.15. The lowest BCUT2D eigenvalue weighted by Gasteiger charge is -2.17. The Morgan fingerprint density at radius 2 is 2.12 bits per heavy atom. The molecule has 0 fully saturated rings. The Labute approximate surface area is 94.6 Å². The van der Waals surface area contributed by atoms with Crippen molar-refractivity contribution < 1.29 is 5.11 Å². The van der Waals surface area contributed by atoms with Gasteiger partial charge in [0.1, 0.15) is 12.9 Å². The third kappa shape index (κ3) is 1.84. The first-order chi connectivity index (χ1) is 7.74. The molecule has 1 N–H and O–H groups in total. The Morgan fingerprint density at radius 1 is 1.38 bits per heavy atom. The van der Waals surface area contributed by atoms with Gasteiger partial charge in [0.25, 0.3) is 0 Å². The third-order valence-corrected chi connectivity index (χ3v) is 2.84. The lowest BCUT2D eigenvalue weighted by atomic mass is 10.0. The summed E-state index contributed by atoms with van der Waals surface area (Å²) in [5, 5.41) is 16.8. The Kier molecular flexibility index (Phi) is 3.01. The maximum Gasteiger partial charge on any atom is 0.159 e. The van der Waals surface area contributed by atoms with E-state index in [1.54, 1.807) is 6.33 Å². The molecule has 0 saturated carbocycles. The fourth-order valence-corrected chi connectivity index (χ4v) is 1.91. The van der Waals surface area contributed by atoms with Gasteiger partial charge in [-0.1, -0.05) is 24.3 Å². The Morgan fingerprint density at radius 3 is 2.81 bits per heavy atom. The molecule has 0 saturated heterocycles. The van der Waals surface area contributed by atoms with Gasteiger partial charge in [-0.25, -0.2) is 0 Å². The molecule has 0 aliphatic heterocycles. The number of aliphatic hydroxyl groups is 1. The number of aromatic nitrogens is 3. The third-order valence-electron chi connectivity index (χ3n) is 2.84. The molecule has 1 atom stereocenters. The van der Waals surface area contributed by atoms with Crippen molar-refractivity contribution in [3.05, 3.63) is 47.5 Å². The number of nitrogens with zero attached hydrogens (tertiary/aromatic N) is 3. The minimum absolute atomic E-state index is 0.0871. The van der Waals surface area contributed by atoms with Gasteiger partial charge in [-0.15, -0.1) is 10.2 Å². The average molecular weight is 217 g/mol. The quantitative estimate of drug-likeness (QED) is 0.851. The zero-order valence-electron chi connectivity index (χ0n) is 9.46. The zero-order valence-corrected chi connectivity index (χ0v) is 9.46. The fourth-order valence-electron chi connectivity index (χ4n) is 1.91. The van der Waals surface area contributed by atoms with Gasteiger partial charge in [-0.05, 0) is 25.0 Å². The van der Waals surface area contributed by atoms with E-state index >= 15 is 0 Å². The molecule has 0 aliphatic rings. The van der Waals surface area contributed by atoms with Crippen molar-refractivity contribution in [3.8, 4) is 0 Å². The van der Waals surface area contributed by atoms with Crippen LogP contribution in [0.3, 0.4) is 0 Å². The molecule has 0 bridgehead atoms. The van der Waals surface area contributed by atoms with Gasteiger partial charge in [0.05, 0.1) is 6.04 Å². The van der Waals surface area contributed by atoms with Gasteiger partial charge < -0.3 is 9.67 Å². The number of aliphatic hydroxyl groups excluding tert-OH is 1. The van der Waals surface area contributed by atoms with Crippen molar-refractivity contribution in [1.29, 1.82) is 0 Å². The van der Waals surface area contributed by atoms with Crippen molar-refractivity contribution in [2.24, 2.45) is 0 Å². The van der Waals surface area contributed by atoms with E-state index in [0.717, 1.165) is 0 Å². The van der Waals surface area contributed by atoms with Crippen LogP contribution in [0.4, 0.5) is 0 Å². The van der Waals surface area contributed by atoms with E-state index in [-0.39, 0.29) is 12.6 Å². The number of hydrogen-bond acceptors (Lipinski definition) is 3. The van der Waals surface area contributed by atoms with Crippen molar-refractivity contribution in [1.82, 2.24) is 14.8 Å². The summed E-state index contributed by atoms with van der Waals surface area (Å²) in [6.07, 6.45) is 1.66. The summed E-state index contributed by atoms with van der Waals surface area (Å²) in [5.41, 5.74) is 2.45. The summed E-state index contributed by atoms with van der Waals surface area (Å²) in [6.45, 7) is 4.07. The summed E-state index contributed by atoms with van der Waals surface area (Å²) < 4.78 is 1.89. The van der Waals surface area contributed by atoms with Gasteiger partial charge >= 0.3 is 0 Å². The van der Waals surface area contributed by atoms with E-state index in [1.807, 2.05) is 16.7 Å². The normalized spacial score (nSPS) is 12.7. The van der Waals surface area contributed by atoms with Crippen molar-refractivity contribution in [2.45, 2.75) is 26.5 Å². The Hall–Kier alpha value is -1.68. The number of benzene rings is 1. The lowest BCUT2D eigenvalue weighted by molar-refractivity contribution is 0.263. The molecule has 84 valence electrons. The SMILES string of the molecule is Cc1ccccc1C(C)n1cnnc1CO. The van der Waals surface area contributed by atoms with Crippen LogP contribution in [0.2, 0.25) is 0 Å². The summed E-state index contributed by atoms with van der Waals surface area (Å²) >= 11 is 0. The van der Waals surface area contributed by atoms with E-state index in [1.165, 1.54) is 11.1 Å². The summed E-state index contributed by atoms with van der Waals surface area (Å²) in [4.78, 5) is 0. The van der Waals surface area contributed by atoms with Crippen LogP contribution >= 0.6 is 0 Å². The van der Waals surface area contributed by atoms with Crippen LogP contribution in [0.25, 0.3) is 0 Å². The average Bonchev–Trinajstić information content (AvgIpc) is 2.77. The first kappa shape index (κ1) is 10.8. The molecular weight excluding hydrogens is 202 g/mol. The highest BCUT2D eigenvalue weighted by atomic mass is 16.3.